The molecule has 23 heavy (non-hydrogen) atoms. The molecule has 2 aromatic heterocycles. The number of piperazine rings is 1. The zero-order valence-corrected chi connectivity index (χ0v) is 13.8. The maximum Gasteiger partial charge on any atom is 0.244 e. The lowest BCUT2D eigenvalue weighted by atomic mass is 10.4. The number of sulfonamides is 1. The molecule has 1 saturated heterocycles. The Hall–Kier alpha value is -1.90. The third kappa shape index (κ3) is 3.72. The largest absolute Gasteiger partial charge is 0.467 e. The molecule has 8 heteroatoms. The van der Waals surface area contributed by atoms with Crippen molar-refractivity contribution in [2.24, 2.45) is 0 Å². The smallest absolute Gasteiger partial charge is 0.244 e. The number of rotatable bonds is 5. The summed E-state index contributed by atoms with van der Waals surface area (Å²) >= 11 is 0. The van der Waals surface area contributed by atoms with Crippen molar-refractivity contribution in [3.05, 3.63) is 42.5 Å². The van der Waals surface area contributed by atoms with Gasteiger partial charge in [-0.05, 0) is 31.3 Å². The average Bonchev–Trinajstić information content (AvgIpc) is 3.07. The molecule has 1 aliphatic heterocycles. The highest BCUT2D eigenvalue weighted by atomic mass is 32.2. The van der Waals surface area contributed by atoms with E-state index in [1.807, 2.05) is 19.2 Å². The van der Waals surface area contributed by atoms with E-state index in [1.165, 1.54) is 10.5 Å². The van der Waals surface area contributed by atoms with Gasteiger partial charge in [0.2, 0.25) is 10.0 Å². The van der Waals surface area contributed by atoms with E-state index >= 15 is 0 Å². The van der Waals surface area contributed by atoms with Crippen LogP contribution >= 0.6 is 0 Å². The zero-order chi connectivity index (χ0) is 16.3. The zero-order valence-electron chi connectivity index (χ0n) is 13.0. The van der Waals surface area contributed by atoms with E-state index in [-0.39, 0.29) is 4.90 Å². The Balaban J connectivity index is 1.66. The molecule has 0 atom stereocenters. The van der Waals surface area contributed by atoms with Crippen LogP contribution in [0.15, 0.2) is 46.0 Å². The number of furan rings is 1. The third-order valence-electron chi connectivity index (χ3n) is 3.86. The van der Waals surface area contributed by atoms with Crippen LogP contribution in [0.25, 0.3) is 0 Å². The van der Waals surface area contributed by atoms with Crippen LogP contribution in [0.5, 0.6) is 0 Å². The van der Waals surface area contributed by atoms with Crippen molar-refractivity contribution in [1.82, 2.24) is 14.2 Å². The molecule has 0 bridgehead atoms. The highest BCUT2D eigenvalue weighted by Gasteiger charge is 2.27. The first kappa shape index (κ1) is 16.0. The summed E-state index contributed by atoms with van der Waals surface area (Å²) < 4.78 is 31.9. The van der Waals surface area contributed by atoms with Crippen LogP contribution < -0.4 is 5.32 Å². The van der Waals surface area contributed by atoms with Gasteiger partial charge in [-0.25, -0.2) is 13.4 Å². The van der Waals surface area contributed by atoms with Crippen LogP contribution in [0.2, 0.25) is 0 Å². The van der Waals surface area contributed by atoms with Crippen molar-refractivity contribution >= 4 is 15.8 Å². The number of anilines is 1. The van der Waals surface area contributed by atoms with Gasteiger partial charge in [0, 0.05) is 32.4 Å². The number of hydrogen-bond acceptors (Lipinski definition) is 6. The maximum absolute atomic E-state index is 12.6. The van der Waals surface area contributed by atoms with Gasteiger partial charge in [-0.15, -0.1) is 0 Å². The number of pyridine rings is 1. The lowest BCUT2D eigenvalue weighted by Gasteiger charge is -2.31. The van der Waals surface area contributed by atoms with E-state index < -0.39 is 10.0 Å². The van der Waals surface area contributed by atoms with Crippen LogP contribution in [0.3, 0.4) is 0 Å². The monoisotopic (exact) mass is 336 g/mol. The summed E-state index contributed by atoms with van der Waals surface area (Å²) in [6.45, 7) is 3.02. The first-order valence-electron chi connectivity index (χ1n) is 7.47. The quantitative estimate of drug-likeness (QED) is 0.884. The summed E-state index contributed by atoms with van der Waals surface area (Å²) in [5.74, 6) is 1.40. The minimum Gasteiger partial charge on any atom is -0.467 e. The average molecular weight is 336 g/mol. The van der Waals surface area contributed by atoms with Crippen molar-refractivity contribution in [1.29, 1.82) is 0 Å². The Morgan fingerprint density at radius 1 is 1.22 bits per heavy atom. The molecule has 0 aromatic carbocycles. The number of nitrogens with one attached hydrogen (secondary N) is 1. The first-order chi connectivity index (χ1) is 11.1. The van der Waals surface area contributed by atoms with Gasteiger partial charge in [0.05, 0.1) is 12.8 Å². The number of aromatic nitrogens is 1. The van der Waals surface area contributed by atoms with Crippen molar-refractivity contribution in [3.63, 3.8) is 0 Å². The van der Waals surface area contributed by atoms with E-state index in [0.29, 0.717) is 25.5 Å². The van der Waals surface area contributed by atoms with E-state index in [2.05, 4.69) is 15.2 Å². The second kappa shape index (κ2) is 6.69. The molecule has 3 rings (SSSR count). The Bertz CT molecular complexity index is 721. The minimum absolute atomic E-state index is 0.227. The van der Waals surface area contributed by atoms with Gasteiger partial charge in [0.25, 0.3) is 0 Å². The van der Waals surface area contributed by atoms with E-state index in [1.54, 1.807) is 18.4 Å². The Labute approximate surface area is 136 Å². The van der Waals surface area contributed by atoms with E-state index in [4.69, 9.17) is 4.42 Å². The second-order valence-electron chi connectivity index (χ2n) is 5.52. The molecule has 0 radical (unpaired) electrons. The molecule has 2 aromatic rings. The summed E-state index contributed by atoms with van der Waals surface area (Å²) in [6, 6.07) is 6.94. The molecule has 124 valence electrons. The summed E-state index contributed by atoms with van der Waals surface area (Å²) in [4.78, 5) is 6.53. The van der Waals surface area contributed by atoms with Gasteiger partial charge in [-0.1, -0.05) is 0 Å². The summed E-state index contributed by atoms with van der Waals surface area (Å²) in [7, 11) is -1.47. The molecule has 0 unspecified atom stereocenters. The van der Waals surface area contributed by atoms with Crippen LogP contribution in [0, 0.1) is 0 Å². The van der Waals surface area contributed by atoms with E-state index in [0.717, 1.165) is 18.8 Å². The van der Waals surface area contributed by atoms with Crippen LogP contribution in [0.1, 0.15) is 5.76 Å². The predicted octanol–water partition coefficient (Wildman–Crippen LogP) is 1.22. The SMILES string of the molecule is CN1CCN(S(=O)(=O)c2ccc(NCc3ccco3)nc2)CC1. The molecule has 7 nitrogen and oxygen atoms in total. The van der Waals surface area contributed by atoms with Gasteiger partial charge in [-0.2, -0.15) is 4.31 Å². The molecule has 0 amide bonds. The highest BCUT2D eigenvalue weighted by Crippen LogP contribution is 2.18. The molecule has 1 N–H and O–H groups in total. The maximum atomic E-state index is 12.6. The molecular formula is C15H20N4O3S. The molecule has 0 aliphatic carbocycles. The van der Waals surface area contributed by atoms with Crippen molar-refractivity contribution in [2.45, 2.75) is 11.4 Å². The van der Waals surface area contributed by atoms with Crippen molar-refractivity contribution < 1.29 is 12.8 Å². The third-order valence-corrected chi connectivity index (χ3v) is 5.74. The first-order valence-corrected chi connectivity index (χ1v) is 8.91. The summed E-state index contributed by atoms with van der Waals surface area (Å²) in [6.07, 6.45) is 3.01. The fourth-order valence-corrected chi connectivity index (χ4v) is 3.77. The van der Waals surface area contributed by atoms with Crippen LogP contribution in [-0.4, -0.2) is 55.8 Å². The number of nitrogens with zero attached hydrogens (tertiary/aromatic N) is 3. The highest BCUT2D eigenvalue weighted by molar-refractivity contribution is 7.89. The molecular weight excluding hydrogens is 316 g/mol. The topological polar surface area (TPSA) is 78.7 Å². The van der Waals surface area contributed by atoms with Crippen molar-refractivity contribution in [2.75, 3.05) is 38.5 Å². The molecule has 1 aliphatic rings. The van der Waals surface area contributed by atoms with E-state index in [9.17, 15) is 8.42 Å². The molecule has 0 saturated carbocycles. The van der Waals surface area contributed by atoms with Gasteiger partial charge in [0.1, 0.15) is 16.5 Å². The molecule has 1 fully saturated rings. The second-order valence-corrected chi connectivity index (χ2v) is 7.46. The Morgan fingerprint density at radius 2 is 2.00 bits per heavy atom. The number of hydrogen-bond donors (Lipinski definition) is 1. The van der Waals surface area contributed by atoms with Crippen molar-refractivity contribution in [3.8, 4) is 0 Å². The molecule has 3 heterocycles. The Morgan fingerprint density at radius 3 is 2.61 bits per heavy atom. The standard InChI is InChI=1S/C15H20N4O3S/c1-18-6-8-19(9-7-18)23(20,21)14-4-5-15(17-12-14)16-11-13-3-2-10-22-13/h2-5,10,12H,6-9,11H2,1H3,(H,16,17). The van der Waals surface area contributed by atoms with Gasteiger partial charge in [0.15, 0.2) is 0 Å². The lowest BCUT2D eigenvalue weighted by Crippen LogP contribution is -2.47. The Kier molecular flexibility index (Phi) is 4.65. The van der Waals surface area contributed by atoms with Crippen LogP contribution in [-0.2, 0) is 16.6 Å². The fourth-order valence-electron chi connectivity index (χ4n) is 2.41. The van der Waals surface area contributed by atoms with Gasteiger partial charge in [-0.3, -0.25) is 0 Å². The fraction of sp³-hybridized carbons (Fsp3) is 0.400. The summed E-state index contributed by atoms with van der Waals surface area (Å²) in [5.41, 5.74) is 0. The lowest BCUT2D eigenvalue weighted by molar-refractivity contribution is 0.222. The number of likely N-dealkylation sites (N-methyl/N-ethyl adjacent to an activating group) is 1. The van der Waals surface area contributed by atoms with Gasteiger partial charge < -0.3 is 14.6 Å². The summed E-state index contributed by atoms with van der Waals surface area (Å²) in [5, 5.41) is 3.09. The molecule has 0 spiro atoms. The predicted molar refractivity (Wildman–Crippen MR) is 86.5 cm³/mol. The minimum atomic E-state index is -3.46. The van der Waals surface area contributed by atoms with Crippen LogP contribution in [0.4, 0.5) is 5.82 Å². The van der Waals surface area contributed by atoms with Gasteiger partial charge >= 0.3 is 0 Å². The normalized spacial score (nSPS) is 17.3.